The molecule has 13 heteroatoms. The number of aromatic nitrogens is 2. The van der Waals surface area contributed by atoms with Crippen molar-refractivity contribution < 1.29 is 34.8 Å². The van der Waals surface area contributed by atoms with Crippen LogP contribution in [0.3, 0.4) is 0 Å². The molecule has 2 rings (SSSR count). The van der Waals surface area contributed by atoms with Crippen molar-refractivity contribution in [1.29, 1.82) is 0 Å². The van der Waals surface area contributed by atoms with Gasteiger partial charge in [0.05, 0.1) is 16.6 Å². The van der Waals surface area contributed by atoms with Gasteiger partial charge in [0.25, 0.3) is 0 Å². The van der Waals surface area contributed by atoms with Crippen molar-refractivity contribution in [3.63, 3.8) is 0 Å². The Balaban J connectivity index is 2.97. The van der Waals surface area contributed by atoms with E-state index in [9.17, 15) is 34.8 Å². The van der Waals surface area contributed by atoms with E-state index in [0.29, 0.717) is 16.4 Å². The first kappa shape index (κ1) is 19.0. The van der Waals surface area contributed by atoms with Gasteiger partial charge in [0, 0.05) is 18.6 Å². The van der Waals surface area contributed by atoms with Crippen LogP contribution in [0.15, 0.2) is 16.6 Å². The van der Waals surface area contributed by atoms with Crippen LogP contribution in [-0.2, 0) is 22.6 Å². The average Bonchev–Trinajstić information content (AvgIpc) is 2.75. The monoisotopic (exact) mass is 439 g/mol. The predicted octanol–water partition coefficient (Wildman–Crippen LogP) is 3.49. The summed E-state index contributed by atoms with van der Waals surface area (Å²) in [5.41, 5.74) is -2.64. The van der Waals surface area contributed by atoms with Crippen molar-refractivity contribution in [3.05, 3.63) is 28.0 Å². The fraction of sp³-hybridized carbons (Fsp3) is 0.364. The molecule has 2 aromatic rings. The largest absolute Gasteiger partial charge is 0.450 e. The summed E-state index contributed by atoms with van der Waals surface area (Å²) in [6, 6.07) is 0.998. The number of hydrogen-bond donors (Lipinski definition) is 0. The van der Waals surface area contributed by atoms with Crippen LogP contribution in [0.2, 0.25) is 0 Å². The molecular weight excluding hydrogens is 432 g/mol. The van der Waals surface area contributed by atoms with Gasteiger partial charge >= 0.3 is 22.6 Å². The molecule has 24 heavy (non-hydrogen) atoms. The molecule has 1 heterocycles. The molecule has 0 saturated carbocycles. The van der Waals surface area contributed by atoms with Crippen molar-refractivity contribution in [1.82, 2.24) is 13.3 Å². The quantitative estimate of drug-likeness (QED) is 0.673. The molecule has 1 aromatic carbocycles. The van der Waals surface area contributed by atoms with Gasteiger partial charge in [-0.15, -0.1) is 0 Å². The van der Waals surface area contributed by atoms with Crippen molar-refractivity contribution in [2.75, 3.05) is 14.1 Å². The highest BCUT2D eigenvalue weighted by Crippen LogP contribution is 2.39. The highest BCUT2D eigenvalue weighted by Gasteiger charge is 2.42. The van der Waals surface area contributed by atoms with Crippen LogP contribution >= 0.6 is 15.9 Å². The summed E-state index contributed by atoms with van der Waals surface area (Å²) in [7, 11) is -2.70. The number of nitrogens with zero attached hydrogens (tertiary/aromatic N) is 3. The van der Waals surface area contributed by atoms with E-state index in [1.165, 1.54) is 0 Å². The zero-order valence-corrected chi connectivity index (χ0v) is 14.3. The summed E-state index contributed by atoms with van der Waals surface area (Å²) < 4.78 is 102. The van der Waals surface area contributed by atoms with Gasteiger partial charge in [0.2, 0.25) is 5.82 Å². The van der Waals surface area contributed by atoms with Gasteiger partial charge in [-0.3, -0.25) is 0 Å². The van der Waals surface area contributed by atoms with E-state index in [4.69, 9.17) is 0 Å². The van der Waals surface area contributed by atoms with E-state index in [-0.39, 0.29) is 3.97 Å². The molecule has 0 atom stereocenters. The Kier molecular flexibility index (Phi) is 4.43. The Hall–Kier alpha value is -1.34. The summed E-state index contributed by atoms with van der Waals surface area (Å²) in [5.74, 6) is -1.84. The molecule has 0 aliphatic carbocycles. The molecule has 0 aliphatic rings. The second-order valence-electron chi connectivity index (χ2n) is 4.81. The number of halogens is 7. The maximum absolute atomic E-state index is 13.1. The lowest BCUT2D eigenvalue weighted by atomic mass is 10.2. The van der Waals surface area contributed by atoms with Crippen LogP contribution in [0.5, 0.6) is 0 Å². The molecule has 0 unspecified atom stereocenters. The third-order valence-corrected chi connectivity index (χ3v) is 5.36. The van der Waals surface area contributed by atoms with Gasteiger partial charge in [0.1, 0.15) is 0 Å². The second kappa shape index (κ2) is 5.59. The summed E-state index contributed by atoms with van der Waals surface area (Å²) in [6.07, 6.45) is -10.0. The lowest BCUT2D eigenvalue weighted by Gasteiger charge is -2.16. The lowest BCUT2D eigenvalue weighted by Crippen LogP contribution is -2.32. The Bertz CT molecular complexity index is 901. The minimum atomic E-state index is -5.19. The molecule has 0 saturated heterocycles. The van der Waals surface area contributed by atoms with E-state index >= 15 is 0 Å². The first-order chi connectivity index (χ1) is 10.7. The average molecular weight is 440 g/mol. The molecule has 134 valence electrons. The highest BCUT2D eigenvalue weighted by molar-refractivity contribution is 9.10. The van der Waals surface area contributed by atoms with Crippen LogP contribution in [0.1, 0.15) is 11.4 Å². The third-order valence-electron chi connectivity index (χ3n) is 2.95. The lowest BCUT2D eigenvalue weighted by molar-refractivity contribution is -0.145. The fourth-order valence-corrected chi connectivity index (χ4v) is 3.51. The van der Waals surface area contributed by atoms with Crippen molar-refractivity contribution in [2.45, 2.75) is 12.4 Å². The third kappa shape index (κ3) is 3.11. The second-order valence-corrected chi connectivity index (χ2v) is 7.65. The van der Waals surface area contributed by atoms with Crippen LogP contribution < -0.4 is 0 Å². The summed E-state index contributed by atoms with van der Waals surface area (Å²) in [6.45, 7) is 0. The highest BCUT2D eigenvalue weighted by atomic mass is 79.9. The molecule has 0 amide bonds. The Morgan fingerprint density at radius 3 is 2.04 bits per heavy atom. The van der Waals surface area contributed by atoms with Gasteiger partial charge in [-0.05, 0) is 12.1 Å². The zero-order chi connectivity index (χ0) is 18.7. The summed E-state index contributed by atoms with van der Waals surface area (Å²) >= 11 is 2.60. The molecule has 5 nitrogen and oxygen atoms in total. The Morgan fingerprint density at radius 1 is 1.08 bits per heavy atom. The van der Waals surface area contributed by atoms with Crippen LogP contribution in [-0.4, -0.2) is 35.8 Å². The smallest absolute Gasteiger partial charge is 0.223 e. The van der Waals surface area contributed by atoms with E-state index < -0.39 is 49.5 Å². The number of imidazole rings is 1. The summed E-state index contributed by atoms with van der Waals surface area (Å²) in [5, 5.41) is 0. The van der Waals surface area contributed by atoms with Crippen molar-refractivity contribution in [3.8, 4) is 0 Å². The first-order valence-corrected chi connectivity index (χ1v) is 8.15. The van der Waals surface area contributed by atoms with Crippen LogP contribution in [0, 0.1) is 0 Å². The number of fused-ring (bicyclic) bond motifs is 1. The van der Waals surface area contributed by atoms with Crippen LogP contribution in [0.4, 0.5) is 26.3 Å². The minimum absolute atomic E-state index is 0.132. The van der Waals surface area contributed by atoms with Gasteiger partial charge < -0.3 is 0 Å². The molecular formula is C11H8BrF6N3O2S. The SMILES string of the molecule is CN(C)S(=O)(=O)n1c(C(F)(F)F)nc2cc(C(F)(F)F)c(Br)cc21. The maximum atomic E-state index is 13.1. The minimum Gasteiger partial charge on any atom is -0.223 e. The Labute approximate surface area is 140 Å². The van der Waals surface area contributed by atoms with Gasteiger partial charge in [-0.1, -0.05) is 15.9 Å². The van der Waals surface area contributed by atoms with E-state index in [1.54, 1.807) is 0 Å². The molecule has 0 aliphatic heterocycles. The molecule has 0 fully saturated rings. The van der Waals surface area contributed by atoms with E-state index in [1.807, 2.05) is 0 Å². The number of benzene rings is 1. The number of rotatable bonds is 2. The molecule has 0 radical (unpaired) electrons. The molecule has 0 N–H and O–H groups in total. The van der Waals surface area contributed by atoms with Gasteiger partial charge in [0.15, 0.2) is 0 Å². The number of hydrogen-bond acceptors (Lipinski definition) is 3. The maximum Gasteiger partial charge on any atom is 0.450 e. The standard InChI is InChI=1S/C11H8BrF6N3O2S/c1-20(2)24(22,23)21-8-4-6(12)5(10(13,14)15)3-7(8)19-9(21)11(16,17)18/h3-4H,1-2H3. The van der Waals surface area contributed by atoms with E-state index in [2.05, 4.69) is 20.9 Å². The zero-order valence-electron chi connectivity index (χ0n) is 11.9. The van der Waals surface area contributed by atoms with Crippen molar-refractivity contribution >= 4 is 37.2 Å². The van der Waals surface area contributed by atoms with E-state index in [0.717, 1.165) is 14.1 Å². The molecule has 0 spiro atoms. The normalized spacial score (nSPS) is 13.9. The number of alkyl halides is 6. The first-order valence-electron chi connectivity index (χ1n) is 5.96. The molecule has 0 bridgehead atoms. The van der Waals surface area contributed by atoms with Gasteiger partial charge in [-0.2, -0.15) is 39.1 Å². The topological polar surface area (TPSA) is 55.2 Å². The predicted molar refractivity (Wildman–Crippen MR) is 75.4 cm³/mol. The Morgan fingerprint density at radius 2 is 1.62 bits per heavy atom. The van der Waals surface area contributed by atoms with Crippen LogP contribution in [0.25, 0.3) is 11.0 Å². The summed E-state index contributed by atoms with van der Waals surface area (Å²) in [4.78, 5) is 3.06. The molecule has 1 aromatic heterocycles. The van der Waals surface area contributed by atoms with Gasteiger partial charge in [-0.25, -0.2) is 8.96 Å². The van der Waals surface area contributed by atoms with Crippen molar-refractivity contribution in [2.24, 2.45) is 0 Å². The fourth-order valence-electron chi connectivity index (χ4n) is 1.87.